The minimum atomic E-state index is -4.52. The predicted molar refractivity (Wildman–Crippen MR) is 147 cm³/mol. The van der Waals surface area contributed by atoms with Crippen molar-refractivity contribution in [1.82, 2.24) is 4.90 Å². The fourth-order valence-electron chi connectivity index (χ4n) is 3.97. The van der Waals surface area contributed by atoms with Gasteiger partial charge >= 0.3 is 0 Å². The molecule has 10 heteroatoms. The fraction of sp³-hybridized carbons (Fsp3) is 0.214. The molecule has 0 aliphatic carbocycles. The average molecular weight is 601 g/mol. The van der Waals surface area contributed by atoms with Gasteiger partial charge in [0, 0.05) is 18.7 Å². The summed E-state index contributed by atoms with van der Waals surface area (Å²) < 4.78 is 50.2. The second-order valence-electron chi connectivity index (χ2n) is 8.78. The lowest BCUT2D eigenvalue weighted by atomic mass is 10.1. The van der Waals surface area contributed by atoms with Crippen molar-refractivity contribution < 1.29 is 27.1 Å². The summed E-state index contributed by atoms with van der Waals surface area (Å²) in [7, 11) is -4.52. The highest BCUT2D eigenvalue weighted by Crippen LogP contribution is 2.39. The van der Waals surface area contributed by atoms with Crippen molar-refractivity contribution in [3.8, 4) is 16.9 Å². The SMILES string of the molecule is C=CCN(c1cc(-c2ccccc2)ccc1F)S(=O)(=O)c1cc(C(=O)N2CCC2)cc(Br)c1OCC(C)=O. The van der Waals surface area contributed by atoms with Crippen molar-refractivity contribution in [3.63, 3.8) is 0 Å². The number of halogens is 2. The number of ketones is 1. The second-order valence-corrected chi connectivity index (χ2v) is 11.5. The van der Waals surface area contributed by atoms with Crippen LogP contribution in [-0.4, -0.2) is 51.2 Å². The van der Waals surface area contributed by atoms with Crippen LogP contribution in [0.2, 0.25) is 0 Å². The molecule has 1 aliphatic heterocycles. The third-order valence-corrected chi connectivity index (χ3v) is 8.38. The molecule has 7 nitrogen and oxygen atoms in total. The number of likely N-dealkylation sites (tertiary alicyclic amines) is 1. The molecule has 198 valence electrons. The first-order chi connectivity index (χ1) is 18.1. The molecule has 0 spiro atoms. The molecule has 3 aromatic carbocycles. The number of anilines is 1. The lowest BCUT2D eigenvalue weighted by molar-refractivity contribution is -0.119. The van der Waals surface area contributed by atoms with Crippen LogP contribution < -0.4 is 9.04 Å². The number of nitrogens with zero attached hydrogens (tertiary/aromatic N) is 2. The predicted octanol–water partition coefficient (Wildman–Crippen LogP) is 5.45. The first-order valence-electron chi connectivity index (χ1n) is 11.9. The average Bonchev–Trinajstić information content (AvgIpc) is 2.86. The molecule has 0 saturated carbocycles. The topological polar surface area (TPSA) is 84.0 Å². The highest BCUT2D eigenvalue weighted by Gasteiger charge is 2.33. The monoisotopic (exact) mass is 600 g/mol. The molecule has 0 N–H and O–H groups in total. The number of sulfonamides is 1. The molecule has 0 aromatic heterocycles. The quantitative estimate of drug-likeness (QED) is 0.289. The maximum absolute atomic E-state index is 15.2. The van der Waals surface area contributed by atoms with Gasteiger partial charge in [0.2, 0.25) is 0 Å². The van der Waals surface area contributed by atoms with Crippen LogP contribution in [0.5, 0.6) is 5.75 Å². The molecule has 1 fully saturated rings. The maximum Gasteiger partial charge on any atom is 0.268 e. The molecule has 1 heterocycles. The highest BCUT2D eigenvalue weighted by molar-refractivity contribution is 9.10. The van der Waals surface area contributed by atoms with E-state index in [-0.39, 0.29) is 51.2 Å². The van der Waals surface area contributed by atoms with Crippen LogP contribution in [0.4, 0.5) is 10.1 Å². The van der Waals surface area contributed by atoms with E-state index in [1.54, 1.807) is 11.0 Å². The lowest BCUT2D eigenvalue weighted by Gasteiger charge is -2.31. The lowest BCUT2D eigenvalue weighted by Crippen LogP contribution is -2.42. The molecule has 38 heavy (non-hydrogen) atoms. The smallest absolute Gasteiger partial charge is 0.268 e. The first-order valence-corrected chi connectivity index (χ1v) is 14.1. The van der Waals surface area contributed by atoms with E-state index in [1.807, 2.05) is 30.3 Å². The van der Waals surface area contributed by atoms with Crippen molar-refractivity contribution in [2.45, 2.75) is 18.2 Å². The van der Waals surface area contributed by atoms with E-state index in [0.29, 0.717) is 18.7 Å². The Morgan fingerprint density at radius 1 is 1.11 bits per heavy atom. The Balaban J connectivity index is 1.88. The van der Waals surface area contributed by atoms with Crippen LogP contribution in [0.15, 0.2) is 82.7 Å². The van der Waals surface area contributed by atoms with Crippen molar-refractivity contribution in [2.24, 2.45) is 0 Å². The number of carbonyl (C=O) groups excluding carboxylic acids is 2. The molecular weight excluding hydrogens is 575 g/mol. The van der Waals surface area contributed by atoms with Gasteiger partial charge < -0.3 is 9.64 Å². The molecule has 4 rings (SSSR count). The van der Waals surface area contributed by atoms with Gasteiger partial charge in [-0.1, -0.05) is 42.5 Å². The summed E-state index contributed by atoms with van der Waals surface area (Å²) in [4.78, 5) is 25.9. The number of hydrogen-bond acceptors (Lipinski definition) is 5. The maximum atomic E-state index is 15.2. The Labute approximate surface area is 229 Å². The minimum Gasteiger partial charge on any atom is -0.483 e. The summed E-state index contributed by atoms with van der Waals surface area (Å²) in [5.41, 5.74) is 1.32. The molecule has 0 radical (unpaired) electrons. The first kappa shape index (κ1) is 27.5. The molecule has 1 aliphatic rings. The van der Waals surface area contributed by atoms with Crippen LogP contribution in [0.3, 0.4) is 0 Å². The highest BCUT2D eigenvalue weighted by atomic mass is 79.9. The van der Waals surface area contributed by atoms with E-state index in [9.17, 15) is 18.0 Å². The number of ether oxygens (including phenoxy) is 1. The summed E-state index contributed by atoms with van der Waals surface area (Å²) in [6, 6.07) is 16.1. The van der Waals surface area contributed by atoms with Gasteiger partial charge in [-0.05, 0) is 64.7 Å². The van der Waals surface area contributed by atoms with Crippen molar-refractivity contribution in [2.75, 3.05) is 30.5 Å². The molecule has 0 unspecified atom stereocenters. The van der Waals surface area contributed by atoms with E-state index in [1.165, 1.54) is 37.3 Å². The van der Waals surface area contributed by atoms with Gasteiger partial charge in [-0.15, -0.1) is 6.58 Å². The molecule has 1 amide bonds. The zero-order valence-electron chi connectivity index (χ0n) is 20.7. The van der Waals surface area contributed by atoms with Gasteiger partial charge in [0.05, 0.1) is 16.7 Å². The van der Waals surface area contributed by atoms with E-state index in [0.717, 1.165) is 16.3 Å². The van der Waals surface area contributed by atoms with E-state index in [2.05, 4.69) is 22.5 Å². The molecule has 3 aromatic rings. The van der Waals surface area contributed by atoms with Crippen molar-refractivity contribution in [3.05, 3.63) is 89.2 Å². The van der Waals surface area contributed by atoms with Crippen molar-refractivity contribution >= 4 is 43.3 Å². The van der Waals surface area contributed by atoms with Crippen LogP contribution in [-0.2, 0) is 14.8 Å². The van der Waals surface area contributed by atoms with Gasteiger partial charge in [0.15, 0.2) is 11.5 Å². The van der Waals surface area contributed by atoms with Gasteiger partial charge in [-0.25, -0.2) is 12.8 Å². The largest absolute Gasteiger partial charge is 0.483 e. The third-order valence-electron chi connectivity index (χ3n) is 6.00. The Hall–Kier alpha value is -3.50. The summed E-state index contributed by atoms with van der Waals surface area (Å²) in [5, 5.41) is 0. The third kappa shape index (κ3) is 5.66. The Bertz CT molecular complexity index is 1490. The van der Waals surface area contributed by atoms with E-state index in [4.69, 9.17) is 4.74 Å². The number of Topliss-reactive ketones (excluding diaryl/α,β-unsaturated/α-hetero) is 1. The molecule has 0 bridgehead atoms. The van der Waals surface area contributed by atoms with Gasteiger partial charge in [-0.3, -0.25) is 13.9 Å². The summed E-state index contributed by atoms with van der Waals surface area (Å²) >= 11 is 3.31. The van der Waals surface area contributed by atoms with Crippen LogP contribution in [0.1, 0.15) is 23.7 Å². The molecule has 1 saturated heterocycles. The summed E-state index contributed by atoms with van der Waals surface area (Å²) in [6.45, 7) is 5.45. The van der Waals surface area contributed by atoms with E-state index >= 15 is 4.39 Å². The van der Waals surface area contributed by atoms with Gasteiger partial charge in [0.25, 0.3) is 15.9 Å². The van der Waals surface area contributed by atoms with Crippen LogP contribution in [0, 0.1) is 5.82 Å². The van der Waals surface area contributed by atoms with Gasteiger partial charge in [0.1, 0.15) is 17.3 Å². The second kappa shape index (κ2) is 11.5. The van der Waals surface area contributed by atoms with Gasteiger partial charge in [-0.2, -0.15) is 0 Å². The number of benzene rings is 3. The fourth-order valence-corrected chi connectivity index (χ4v) is 6.30. The van der Waals surface area contributed by atoms with Crippen molar-refractivity contribution in [1.29, 1.82) is 0 Å². The Morgan fingerprint density at radius 2 is 1.82 bits per heavy atom. The number of carbonyl (C=O) groups is 2. The molecule has 0 atom stereocenters. The normalized spacial score (nSPS) is 13.0. The number of rotatable bonds is 10. The summed E-state index contributed by atoms with van der Waals surface area (Å²) in [5.74, 6) is -1.56. The van der Waals surface area contributed by atoms with Crippen LogP contribution in [0.25, 0.3) is 11.1 Å². The number of amides is 1. The Morgan fingerprint density at radius 3 is 2.42 bits per heavy atom. The number of hydrogen-bond donors (Lipinski definition) is 0. The zero-order chi connectivity index (χ0) is 27.4. The standard InChI is InChI=1S/C28H26BrFN2O5S/c1-3-12-32(25-16-21(10-11-24(25)30)20-8-5-4-6-9-20)38(35,36)26-17-22(28(34)31-13-7-14-31)15-23(29)27(26)37-18-19(2)33/h3-6,8-11,15-17H,1,7,12-14,18H2,2H3. The summed E-state index contributed by atoms with van der Waals surface area (Å²) in [6.07, 6.45) is 2.20. The Kier molecular flexibility index (Phi) is 8.32. The molecular formula is C28H26BrFN2O5S. The minimum absolute atomic E-state index is 0.127. The zero-order valence-corrected chi connectivity index (χ0v) is 23.1. The van der Waals surface area contributed by atoms with E-state index < -0.39 is 15.8 Å². The van der Waals surface area contributed by atoms with Crippen LogP contribution >= 0.6 is 15.9 Å².